The minimum Gasteiger partial charge on any atom is -0.489 e. The first-order valence-electron chi connectivity index (χ1n) is 12.6. The van der Waals surface area contributed by atoms with Gasteiger partial charge in [-0.25, -0.2) is 5.48 Å². The van der Waals surface area contributed by atoms with Gasteiger partial charge in [0.05, 0.1) is 23.6 Å². The number of carbonyl (C=O) groups is 3. The van der Waals surface area contributed by atoms with Crippen molar-refractivity contribution in [2.45, 2.75) is 20.0 Å². The lowest BCUT2D eigenvalue weighted by atomic mass is 9.84. The molecule has 200 valence electrons. The first kappa shape index (κ1) is 25.9. The number of ether oxygens (including phenoxy) is 1. The number of amides is 3. The highest BCUT2D eigenvalue weighted by atomic mass is 16.5. The van der Waals surface area contributed by atoms with E-state index < -0.39 is 23.7 Å². The Morgan fingerprint density at radius 2 is 1.85 bits per heavy atom. The summed E-state index contributed by atoms with van der Waals surface area (Å²) in [6, 6.07) is 20.0. The Morgan fingerprint density at radius 3 is 2.59 bits per heavy atom. The van der Waals surface area contributed by atoms with Gasteiger partial charge in [-0.15, -0.1) is 0 Å². The Hall–Kier alpha value is -4.70. The molecule has 0 aliphatic carbocycles. The van der Waals surface area contributed by atoms with Gasteiger partial charge in [0, 0.05) is 35.4 Å². The molecule has 0 bridgehead atoms. The number of carbonyl (C=O) groups excluding carboxylic acids is 3. The number of aromatic nitrogens is 1. The van der Waals surface area contributed by atoms with E-state index in [1.54, 1.807) is 41.9 Å². The van der Waals surface area contributed by atoms with Crippen molar-refractivity contribution in [2.24, 2.45) is 11.8 Å². The van der Waals surface area contributed by atoms with E-state index in [1.165, 1.54) is 11.2 Å². The summed E-state index contributed by atoms with van der Waals surface area (Å²) in [7, 11) is 0. The Labute approximate surface area is 224 Å². The molecule has 10 heteroatoms. The highest BCUT2D eigenvalue weighted by Crippen LogP contribution is 2.28. The number of hydrogen-bond donors (Lipinski definition) is 3. The fourth-order valence-corrected chi connectivity index (χ4v) is 4.90. The number of likely N-dealkylation sites (tertiary alicyclic amines) is 1. The average molecular weight is 529 g/mol. The normalized spacial score (nSPS) is 17.0. The summed E-state index contributed by atoms with van der Waals surface area (Å²) in [6.45, 7) is 2.55. The molecular weight excluding hydrogens is 500 g/mol. The van der Waals surface area contributed by atoms with Crippen LogP contribution in [0.25, 0.3) is 10.9 Å². The molecule has 2 atom stereocenters. The van der Waals surface area contributed by atoms with E-state index >= 15 is 0 Å². The van der Waals surface area contributed by atoms with Gasteiger partial charge in [-0.2, -0.15) is 0 Å². The number of hydroxylamine groups is 1. The van der Waals surface area contributed by atoms with Crippen LogP contribution >= 0.6 is 0 Å². The van der Waals surface area contributed by atoms with Crippen LogP contribution in [0.4, 0.5) is 5.69 Å². The topological polar surface area (TPSA) is 134 Å². The van der Waals surface area contributed by atoms with Gasteiger partial charge in [-0.3, -0.25) is 24.6 Å². The van der Waals surface area contributed by atoms with Gasteiger partial charge < -0.3 is 19.4 Å². The minimum absolute atomic E-state index is 0.00392. The van der Waals surface area contributed by atoms with Gasteiger partial charge in [-0.1, -0.05) is 18.2 Å². The van der Waals surface area contributed by atoms with Crippen LogP contribution in [0.2, 0.25) is 0 Å². The van der Waals surface area contributed by atoms with Crippen molar-refractivity contribution in [3.8, 4) is 5.75 Å². The molecule has 1 aliphatic rings. The van der Waals surface area contributed by atoms with Crippen molar-refractivity contribution in [1.29, 1.82) is 0 Å². The quantitative estimate of drug-likeness (QED) is 0.244. The summed E-state index contributed by atoms with van der Waals surface area (Å²) in [5, 5.41) is 13.0. The lowest BCUT2D eigenvalue weighted by molar-refractivity contribution is -0.141. The van der Waals surface area contributed by atoms with E-state index in [2.05, 4.69) is 10.3 Å². The van der Waals surface area contributed by atoms with Crippen LogP contribution in [0.15, 0.2) is 77.4 Å². The van der Waals surface area contributed by atoms with Gasteiger partial charge in [0.1, 0.15) is 12.4 Å². The molecule has 2 aromatic carbocycles. The molecule has 4 aromatic rings. The summed E-state index contributed by atoms with van der Waals surface area (Å²) < 4.78 is 11.2. The zero-order valence-electron chi connectivity index (χ0n) is 21.3. The van der Waals surface area contributed by atoms with E-state index in [0.717, 1.165) is 22.2 Å². The van der Waals surface area contributed by atoms with Crippen molar-refractivity contribution in [3.05, 3.63) is 90.0 Å². The number of para-hydroxylation sites is 1. The van der Waals surface area contributed by atoms with Crippen LogP contribution in [0, 0.1) is 18.8 Å². The van der Waals surface area contributed by atoms with Gasteiger partial charge in [0.15, 0.2) is 5.76 Å². The van der Waals surface area contributed by atoms with Crippen molar-refractivity contribution in [1.82, 2.24) is 15.4 Å². The summed E-state index contributed by atoms with van der Waals surface area (Å²) in [6.07, 6.45) is 1.62. The van der Waals surface area contributed by atoms with Crippen molar-refractivity contribution in [2.75, 3.05) is 18.4 Å². The second kappa shape index (κ2) is 11.4. The number of fused-ring (bicyclic) bond motifs is 1. The van der Waals surface area contributed by atoms with Crippen LogP contribution < -0.4 is 15.5 Å². The highest BCUT2D eigenvalue weighted by molar-refractivity contribution is 5.97. The van der Waals surface area contributed by atoms with Gasteiger partial charge >= 0.3 is 0 Å². The second-order valence-electron chi connectivity index (χ2n) is 9.45. The van der Waals surface area contributed by atoms with Crippen molar-refractivity contribution < 1.29 is 28.7 Å². The van der Waals surface area contributed by atoms with Gasteiger partial charge in [0.2, 0.25) is 11.8 Å². The van der Waals surface area contributed by atoms with Gasteiger partial charge in [0.25, 0.3) is 5.91 Å². The monoisotopic (exact) mass is 528 g/mol. The summed E-state index contributed by atoms with van der Waals surface area (Å²) in [5.74, 6) is -2.35. The van der Waals surface area contributed by atoms with E-state index in [4.69, 9.17) is 9.15 Å². The standard InChI is InChI=1S/C29H28N4O6/c1-18-15-19(22-5-2-3-6-25(22)30-18)17-39-21-10-8-20(9-11-21)31-27(34)24-16-33(13-12-23(24)28(35)32-37)29(36)26-7-4-14-38-26/h2-11,14-15,23-24,37H,12-13,16-17H2,1H3,(H,31,34)(H,32,35)/t23-,24-/m0/s1. The maximum Gasteiger partial charge on any atom is 0.289 e. The first-order valence-corrected chi connectivity index (χ1v) is 12.6. The molecule has 0 saturated carbocycles. The van der Waals surface area contributed by atoms with Crippen LogP contribution in [-0.2, 0) is 16.2 Å². The Morgan fingerprint density at radius 1 is 1.05 bits per heavy atom. The maximum atomic E-state index is 13.2. The molecule has 0 unspecified atom stereocenters. The smallest absolute Gasteiger partial charge is 0.289 e. The van der Waals surface area contributed by atoms with Crippen molar-refractivity contribution >= 4 is 34.3 Å². The number of rotatable bonds is 7. The number of piperidine rings is 1. The molecular formula is C29H28N4O6. The third-order valence-corrected chi connectivity index (χ3v) is 6.86. The van der Waals surface area contributed by atoms with Crippen LogP contribution in [0.3, 0.4) is 0 Å². The minimum atomic E-state index is -0.871. The number of aryl methyl sites for hydroxylation is 1. The zero-order valence-corrected chi connectivity index (χ0v) is 21.3. The zero-order chi connectivity index (χ0) is 27.4. The van der Waals surface area contributed by atoms with E-state index in [0.29, 0.717) is 18.0 Å². The molecule has 0 radical (unpaired) electrons. The SMILES string of the molecule is Cc1cc(COc2ccc(NC(=O)[C@H]3CN(C(=O)c4ccco4)CC[C@@H]3C(=O)NO)cc2)c2ccccc2n1. The van der Waals surface area contributed by atoms with Crippen LogP contribution in [-0.4, -0.2) is 45.9 Å². The van der Waals surface area contributed by atoms with E-state index in [-0.39, 0.29) is 31.2 Å². The number of nitrogens with one attached hydrogen (secondary N) is 2. The number of hydrogen-bond acceptors (Lipinski definition) is 7. The number of nitrogens with zero attached hydrogens (tertiary/aromatic N) is 2. The molecule has 3 heterocycles. The summed E-state index contributed by atoms with van der Waals surface area (Å²) in [5.41, 5.74) is 4.99. The lowest BCUT2D eigenvalue weighted by Crippen LogP contribution is -2.51. The fourth-order valence-electron chi connectivity index (χ4n) is 4.90. The Bertz CT molecular complexity index is 1490. The molecule has 3 amide bonds. The van der Waals surface area contributed by atoms with E-state index in [1.807, 2.05) is 37.3 Å². The Kier molecular flexibility index (Phi) is 7.55. The third-order valence-electron chi connectivity index (χ3n) is 6.86. The molecule has 1 fully saturated rings. The molecule has 10 nitrogen and oxygen atoms in total. The number of pyridine rings is 1. The summed E-state index contributed by atoms with van der Waals surface area (Å²) >= 11 is 0. The maximum absolute atomic E-state index is 13.2. The Balaban J connectivity index is 1.25. The fraction of sp³-hybridized carbons (Fsp3) is 0.241. The van der Waals surface area contributed by atoms with Gasteiger partial charge in [-0.05, 0) is 61.9 Å². The number of anilines is 1. The molecule has 5 rings (SSSR count). The lowest BCUT2D eigenvalue weighted by Gasteiger charge is -2.36. The van der Waals surface area contributed by atoms with Crippen LogP contribution in [0.1, 0.15) is 28.2 Å². The van der Waals surface area contributed by atoms with Crippen molar-refractivity contribution in [3.63, 3.8) is 0 Å². The third kappa shape index (κ3) is 5.75. The predicted octanol–water partition coefficient (Wildman–Crippen LogP) is 3.94. The molecule has 39 heavy (non-hydrogen) atoms. The molecule has 1 aliphatic heterocycles. The van der Waals surface area contributed by atoms with Crippen LogP contribution in [0.5, 0.6) is 5.75 Å². The largest absolute Gasteiger partial charge is 0.489 e. The molecule has 3 N–H and O–H groups in total. The second-order valence-corrected chi connectivity index (χ2v) is 9.45. The average Bonchev–Trinajstić information content (AvgIpc) is 3.50. The molecule has 0 spiro atoms. The first-order chi connectivity index (χ1) is 18.9. The molecule has 1 saturated heterocycles. The highest BCUT2D eigenvalue weighted by Gasteiger charge is 2.40. The molecule has 2 aromatic heterocycles. The number of furan rings is 1. The predicted molar refractivity (Wildman–Crippen MR) is 142 cm³/mol. The number of benzene rings is 2. The summed E-state index contributed by atoms with van der Waals surface area (Å²) in [4.78, 5) is 44.3. The van der Waals surface area contributed by atoms with E-state index in [9.17, 15) is 19.6 Å².